The van der Waals surface area contributed by atoms with Gasteiger partial charge in [-0.3, -0.25) is 14.5 Å². The lowest BCUT2D eigenvalue weighted by Gasteiger charge is -2.25. The molecule has 0 aliphatic carbocycles. The highest BCUT2D eigenvalue weighted by atomic mass is 35.5. The molecule has 1 fully saturated rings. The minimum atomic E-state index is -0.830. The predicted octanol–water partition coefficient (Wildman–Crippen LogP) is 6.56. The van der Waals surface area contributed by atoms with Crippen LogP contribution in [-0.2, 0) is 16.6 Å². The van der Waals surface area contributed by atoms with Crippen LogP contribution < -0.4 is 9.64 Å². The summed E-state index contributed by atoms with van der Waals surface area (Å²) in [5.74, 6) is -0.959. The third kappa shape index (κ3) is 4.27. The van der Waals surface area contributed by atoms with Gasteiger partial charge >= 0.3 is 0 Å². The first-order chi connectivity index (χ1) is 17.8. The number of ether oxygens (including phenoxy) is 1. The number of amides is 1. The van der Waals surface area contributed by atoms with E-state index in [1.165, 1.54) is 4.90 Å². The van der Waals surface area contributed by atoms with Gasteiger partial charge in [-0.2, -0.15) is 0 Å². The van der Waals surface area contributed by atoms with E-state index < -0.39 is 17.7 Å². The Bertz CT molecular complexity index is 1550. The van der Waals surface area contributed by atoms with Crippen LogP contribution in [0.4, 0.5) is 5.69 Å². The summed E-state index contributed by atoms with van der Waals surface area (Å²) in [5.41, 5.74) is 3.52. The van der Waals surface area contributed by atoms with Gasteiger partial charge < -0.3 is 14.4 Å². The zero-order valence-electron chi connectivity index (χ0n) is 20.9. The summed E-state index contributed by atoms with van der Waals surface area (Å²) >= 11 is 6.10. The van der Waals surface area contributed by atoms with Crippen LogP contribution in [0.1, 0.15) is 36.1 Å². The number of fused-ring (bicyclic) bond motifs is 1. The topological polar surface area (TPSA) is 71.8 Å². The van der Waals surface area contributed by atoms with Crippen LogP contribution in [-0.4, -0.2) is 28.0 Å². The van der Waals surface area contributed by atoms with Gasteiger partial charge in [-0.05, 0) is 67.4 Å². The lowest BCUT2D eigenvalue weighted by atomic mass is 9.94. The Morgan fingerprint density at radius 1 is 1.05 bits per heavy atom. The Morgan fingerprint density at radius 2 is 1.78 bits per heavy atom. The molecule has 4 aromatic rings. The van der Waals surface area contributed by atoms with Crippen LogP contribution in [0.25, 0.3) is 16.7 Å². The van der Waals surface area contributed by atoms with Crippen LogP contribution in [0, 0.1) is 6.92 Å². The fourth-order valence-corrected chi connectivity index (χ4v) is 5.04. The molecule has 3 aromatic carbocycles. The molecule has 1 saturated heterocycles. The first-order valence-corrected chi connectivity index (χ1v) is 12.5. The molecule has 6 nitrogen and oxygen atoms in total. The Morgan fingerprint density at radius 3 is 2.49 bits per heavy atom. The number of nitrogens with zero attached hydrogens (tertiary/aromatic N) is 2. The number of benzene rings is 3. The Hall–Kier alpha value is -4.03. The average Bonchev–Trinajstić information content (AvgIpc) is 3.36. The van der Waals surface area contributed by atoms with Crippen molar-refractivity contribution < 1.29 is 19.4 Å². The minimum absolute atomic E-state index is 0.0397. The number of aromatic nitrogens is 1. The number of para-hydroxylation sites is 1. The molecule has 5 rings (SSSR count). The van der Waals surface area contributed by atoms with Gasteiger partial charge in [0.25, 0.3) is 11.7 Å². The number of ketones is 1. The van der Waals surface area contributed by atoms with Gasteiger partial charge in [-0.15, -0.1) is 0 Å². The molecule has 0 spiro atoms. The van der Waals surface area contributed by atoms with Crippen molar-refractivity contribution in [3.05, 3.63) is 100 Å². The van der Waals surface area contributed by atoms with Crippen molar-refractivity contribution >= 4 is 45.6 Å². The first-order valence-electron chi connectivity index (χ1n) is 12.2. The molecule has 7 heteroatoms. The highest BCUT2D eigenvalue weighted by Gasteiger charge is 2.47. The van der Waals surface area contributed by atoms with E-state index in [9.17, 15) is 14.7 Å². The maximum absolute atomic E-state index is 13.5. The van der Waals surface area contributed by atoms with Gasteiger partial charge in [-0.1, -0.05) is 36.7 Å². The highest BCUT2D eigenvalue weighted by molar-refractivity contribution is 6.52. The molecule has 0 saturated carbocycles. The van der Waals surface area contributed by atoms with Crippen LogP contribution >= 0.6 is 11.6 Å². The van der Waals surface area contributed by atoms with Gasteiger partial charge in [0, 0.05) is 46.0 Å². The number of carbonyl (C=O) groups is 2. The number of hydrogen-bond acceptors (Lipinski definition) is 4. The quantitative estimate of drug-likeness (QED) is 0.180. The van der Waals surface area contributed by atoms with Gasteiger partial charge in [0.15, 0.2) is 0 Å². The van der Waals surface area contributed by atoms with Crippen LogP contribution in [0.2, 0.25) is 5.02 Å². The second-order valence-corrected chi connectivity index (χ2v) is 9.62. The highest BCUT2D eigenvalue weighted by Crippen LogP contribution is 2.45. The van der Waals surface area contributed by atoms with Crippen molar-refractivity contribution in [1.82, 2.24) is 4.57 Å². The number of aliphatic hydroxyl groups is 1. The number of hydrogen-bond donors (Lipinski definition) is 1. The van der Waals surface area contributed by atoms with Crippen LogP contribution in [0.3, 0.4) is 0 Å². The van der Waals surface area contributed by atoms with Gasteiger partial charge in [0.2, 0.25) is 0 Å². The molecule has 0 bridgehead atoms. The molecule has 2 heterocycles. The summed E-state index contributed by atoms with van der Waals surface area (Å²) in [6.07, 6.45) is 2.78. The summed E-state index contributed by atoms with van der Waals surface area (Å²) in [6.45, 7) is 4.50. The second-order valence-electron chi connectivity index (χ2n) is 9.19. The average molecular weight is 515 g/mol. The standard InChI is InChI=1S/C30H27ClN2O4/c1-4-15-37-25-14-9-19(16-18(25)2)28(34)26-27(23-17-32(3)24-8-6-5-7-22(23)24)33(30(36)29(26)35)21-12-10-20(31)11-13-21/h5-14,16-17,27,34H,4,15H2,1-3H3/b28-26+. The molecule has 1 unspecified atom stereocenters. The maximum atomic E-state index is 13.5. The summed E-state index contributed by atoms with van der Waals surface area (Å²) in [7, 11) is 1.92. The molecule has 188 valence electrons. The molecule has 1 atom stereocenters. The third-order valence-electron chi connectivity index (χ3n) is 6.68. The fourth-order valence-electron chi connectivity index (χ4n) is 4.91. The minimum Gasteiger partial charge on any atom is -0.507 e. The predicted molar refractivity (Wildman–Crippen MR) is 146 cm³/mol. The van der Waals surface area contributed by atoms with E-state index in [4.69, 9.17) is 16.3 Å². The zero-order valence-corrected chi connectivity index (χ0v) is 21.6. The lowest BCUT2D eigenvalue weighted by Crippen LogP contribution is -2.29. The molecule has 1 aliphatic heterocycles. The van der Waals surface area contributed by atoms with Crippen LogP contribution in [0.15, 0.2) is 78.5 Å². The maximum Gasteiger partial charge on any atom is 0.300 e. The van der Waals surface area contributed by atoms with Crippen molar-refractivity contribution in [3.63, 3.8) is 0 Å². The number of halogens is 1. The Balaban J connectivity index is 1.73. The number of anilines is 1. The molecule has 1 aliphatic rings. The first kappa shape index (κ1) is 24.7. The van der Waals surface area contributed by atoms with E-state index in [1.807, 2.05) is 55.9 Å². The number of rotatable bonds is 6. The molecular weight excluding hydrogens is 488 g/mol. The number of aryl methyl sites for hydroxylation is 2. The van der Waals surface area contributed by atoms with Crippen molar-refractivity contribution in [2.75, 3.05) is 11.5 Å². The lowest BCUT2D eigenvalue weighted by molar-refractivity contribution is -0.132. The number of Topliss-reactive ketones (excluding diaryl/α,β-unsaturated/α-hetero) is 1. The summed E-state index contributed by atoms with van der Waals surface area (Å²) in [5, 5.41) is 12.9. The molecule has 37 heavy (non-hydrogen) atoms. The van der Waals surface area contributed by atoms with Crippen LogP contribution in [0.5, 0.6) is 5.75 Å². The Labute approximate surface area is 220 Å². The van der Waals surface area contributed by atoms with E-state index in [0.29, 0.717) is 28.6 Å². The Kier molecular flexibility index (Phi) is 6.52. The fraction of sp³-hybridized carbons (Fsp3) is 0.200. The summed E-state index contributed by atoms with van der Waals surface area (Å²) in [6, 6.07) is 19.0. The molecule has 1 aromatic heterocycles. The van der Waals surface area contributed by atoms with Crippen molar-refractivity contribution in [2.24, 2.45) is 7.05 Å². The molecule has 0 radical (unpaired) electrons. The van der Waals surface area contributed by atoms with Crippen molar-refractivity contribution in [2.45, 2.75) is 26.3 Å². The van der Waals surface area contributed by atoms with E-state index in [0.717, 1.165) is 28.5 Å². The third-order valence-corrected chi connectivity index (χ3v) is 6.93. The second kappa shape index (κ2) is 9.79. The molecular formula is C30H27ClN2O4. The van der Waals surface area contributed by atoms with Gasteiger partial charge in [0.1, 0.15) is 11.5 Å². The molecule has 1 N–H and O–H groups in total. The molecule has 1 amide bonds. The van der Waals surface area contributed by atoms with E-state index >= 15 is 0 Å². The number of carbonyl (C=O) groups excluding carboxylic acids is 2. The summed E-state index contributed by atoms with van der Waals surface area (Å²) in [4.78, 5) is 28.4. The number of aliphatic hydroxyl groups excluding tert-OH is 1. The van der Waals surface area contributed by atoms with Gasteiger partial charge in [0.05, 0.1) is 18.2 Å². The monoisotopic (exact) mass is 514 g/mol. The van der Waals surface area contributed by atoms with E-state index in [1.54, 1.807) is 42.5 Å². The normalized spacial score (nSPS) is 17.1. The zero-order chi connectivity index (χ0) is 26.3. The SMILES string of the molecule is CCCOc1ccc(/C(O)=C2\C(=O)C(=O)N(c3ccc(Cl)cc3)C2c2cn(C)c3ccccc23)cc1C. The largest absolute Gasteiger partial charge is 0.507 e. The van der Waals surface area contributed by atoms with Gasteiger partial charge in [-0.25, -0.2) is 0 Å². The van der Waals surface area contributed by atoms with Crippen molar-refractivity contribution in [1.29, 1.82) is 0 Å². The smallest absolute Gasteiger partial charge is 0.300 e. The van der Waals surface area contributed by atoms with E-state index in [-0.39, 0.29) is 11.3 Å². The van der Waals surface area contributed by atoms with Crippen molar-refractivity contribution in [3.8, 4) is 5.75 Å². The summed E-state index contributed by atoms with van der Waals surface area (Å²) < 4.78 is 7.72. The van der Waals surface area contributed by atoms with E-state index in [2.05, 4.69) is 0 Å².